The molecule has 1 aromatic rings. The molecule has 23 heavy (non-hydrogen) atoms. The zero-order valence-corrected chi connectivity index (χ0v) is 13.8. The average Bonchev–Trinajstić information content (AvgIpc) is 2.98. The van der Waals surface area contributed by atoms with Crippen LogP contribution in [0.25, 0.3) is 0 Å². The fraction of sp³-hybridized carbons (Fsp3) is 0.562. The summed E-state index contributed by atoms with van der Waals surface area (Å²) in [6.07, 6.45) is 0.950. The van der Waals surface area contributed by atoms with Gasteiger partial charge in [0.15, 0.2) is 5.69 Å². The normalized spacial score (nSPS) is 17.7. The molecular formula is C16H22N2O5. The van der Waals surface area contributed by atoms with Gasteiger partial charge in [-0.2, -0.15) is 0 Å². The fourth-order valence-corrected chi connectivity index (χ4v) is 2.29. The molecular weight excluding hydrogens is 300 g/mol. The van der Waals surface area contributed by atoms with Gasteiger partial charge in [-0.25, -0.2) is 14.6 Å². The number of esters is 1. The Bertz CT molecular complexity index is 589. The highest BCUT2D eigenvalue weighted by molar-refractivity contribution is 5.90. The first-order valence-electron chi connectivity index (χ1n) is 7.51. The number of anilines is 1. The van der Waals surface area contributed by atoms with Gasteiger partial charge in [-0.05, 0) is 39.7 Å². The van der Waals surface area contributed by atoms with E-state index in [0.717, 1.165) is 12.8 Å². The highest BCUT2D eigenvalue weighted by Gasteiger charge is 2.26. The van der Waals surface area contributed by atoms with E-state index >= 15 is 0 Å². The summed E-state index contributed by atoms with van der Waals surface area (Å²) >= 11 is 0. The van der Waals surface area contributed by atoms with E-state index in [4.69, 9.17) is 14.2 Å². The van der Waals surface area contributed by atoms with Crippen LogP contribution in [0.2, 0.25) is 0 Å². The maximum Gasteiger partial charge on any atom is 0.413 e. The second kappa shape index (κ2) is 6.95. The van der Waals surface area contributed by atoms with Crippen LogP contribution in [0, 0.1) is 0 Å². The lowest BCUT2D eigenvalue weighted by Crippen LogP contribution is -2.27. The van der Waals surface area contributed by atoms with E-state index in [1.54, 1.807) is 32.9 Å². The van der Waals surface area contributed by atoms with Crippen LogP contribution in [0.4, 0.5) is 10.6 Å². The topological polar surface area (TPSA) is 86.8 Å². The average molecular weight is 322 g/mol. The molecule has 1 saturated heterocycles. The summed E-state index contributed by atoms with van der Waals surface area (Å²) in [6, 6.07) is 3.34. The van der Waals surface area contributed by atoms with E-state index in [-0.39, 0.29) is 17.6 Å². The van der Waals surface area contributed by atoms with Crippen LogP contribution in [-0.4, -0.2) is 36.4 Å². The van der Waals surface area contributed by atoms with Gasteiger partial charge in [-0.15, -0.1) is 0 Å². The Hall–Kier alpha value is -2.15. The molecule has 0 saturated carbocycles. The standard InChI is InChI=1S/C16H22N2O5/c1-16(2,3)23-15(20)18-12-8-7-10(11-6-5-9-22-11)13(17-12)14(19)21-4/h7-8,11H,5-6,9H2,1-4H3,(H,17,18,20). The number of hydrogen-bond acceptors (Lipinski definition) is 6. The molecule has 7 nitrogen and oxygen atoms in total. The number of carbonyl (C=O) groups is 2. The molecule has 2 rings (SSSR count). The highest BCUT2D eigenvalue weighted by Crippen LogP contribution is 2.31. The van der Waals surface area contributed by atoms with Crippen LogP contribution in [0.5, 0.6) is 0 Å². The molecule has 1 aliphatic heterocycles. The van der Waals surface area contributed by atoms with Gasteiger partial charge in [0.25, 0.3) is 0 Å². The quantitative estimate of drug-likeness (QED) is 0.861. The molecule has 1 fully saturated rings. The molecule has 1 unspecified atom stereocenters. The first-order valence-corrected chi connectivity index (χ1v) is 7.51. The van der Waals surface area contributed by atoms with Gasteiger partial charge in [-0.1, -0.05) is 6.07 Å². The SMILES string of the molecule is COC(=O)c1nc(NC(=O)OC(C)(C)C)ccc1C1CCCO1. The van der Waals surface area contributed by atoms with Crippen LogP contribution < -0.4 is 5.32 Å². The number of ether oxygens (including phenoxy) is 3. The van der Waals surface area contributed by atoms with Crippen molar-refractivity contribution in [3.8, 4) is 0 Å². The Balaban J connectivity index is 2.22. The number of nitrogens with zero attached hydrogens (tertiary/aromatic N) is 1. The lowest BCUT2D eigenvalue weighted by atomic mass is 10.0. The first kappa shape index (κ1) is 17.2. The van der Waals surface area contributed by atoms with Crippen molar-refractivity contribution < 1.29 is 23.8 Å². The van der Waals surface area contributed by atoms with E-state index in [2.05, 4.69) is 10.3 Å². The van der Waals surface area contributed by atoms with E-state index in [9.17, 15) is 9.59 Å². The molecule has 126 valence electrons. The Morgan fingerprint density at radius 1 is 1.35 bits per heavy atom. The first-order chi connectivity index (χ1) is 10.8. The van der Waals surface area contributed by atoms with Gasteiger partial charge in [-0.3, -0.25) is 5.32 Å². The van der Waals surface area contributed by atoms with Crippen LogP contribution in [0.3, 0.4) is 0 Å². The molecule has 1 aromatic heterocycles. The molecule has 0 spiro atoms. The number of rotatable bonds is 3. The Labute approximate surface area is 135 Å². The number of carbonyl (C=O) groups excluding carboxylic acids is 2. The minimum atomic E-state index is -0.634. The van der Waals surface area contributed by atoms with E-state index in [0.29, 0.717) is 12.2 Å². The second-order valence-corrected chi connectivity index (χ2v) is 6.25. The molecule has 1 atom stereocenters. The van der Waals surface area contributed by atoms with Crippen molar-refractivity contribution in [1.82, 2.24) is 4.98 Å². The third-order valence-corrected chi connectivity index (χ3v) is 3.21. The highest BCUT2D eigenvalue weighted by atomic mass is 16.6. The summed E-state index contributed by atoms with van der Waals surface area (Å²) in [5.74, 6) is -0.343. The Morgan fingerprint density at radius 3 is 2.65 bits per heavy atom. The monoisotopic (exact) mass is 322 g/mol. The van der Waals surface area contributed by atoms with Crippen molar-refractivity contribution >= 4 is 17.9 Å². The van der Waals surface area contributed by atoms with Crippen LogP contribution in [-0.2, 0) is 14.2 Å². The molecule has 0 aromatic carbocycles. The molecule has 1 amide bonds. The number of amides is 1. The molecule has 2 heterocycles. The number of hydrogen-bond donors (Lipinski definition) is 1. The van der Waals surface area contributed by atoms with Gasteiger partial charge in [0.2, 0.25) is 0 Å². The number of nitrogens with one attached hydrogen (secondary N) is 1. The lowest BCUT2D eigenvalue weighted by molar-refractivity contribution is 0.0576. The third-order valence-electron chi connectivity index (χ3n) is 3.21. The summed E-state index contributed by atoms with van der Waals surface area (Å²) < 4.78 is 15.5. The molecule has 0 radical (unpaired) electrons. The Morgan fingerprint density at radius 2 is 2.09 bits per heavy atom. The maximum absolute atomic E-state index is 12.0. The summed E-state index contributed by atoms with van der Waals surface area (Å²) in [5.41, 5.74) is 0.199. The number of methoxy groups -OCH3 is 1. The smallest absolute Gasteiger partial charge is 0.413 e. The predicted molar refractivity (Wildman–Crippen MR) is 83.4 cm³/mol. The summed E-state index contributed by atoms with van der Waals surface area (Å²) in [7, 11) is 1.29. The van der Waals surface area contributed by atoms with Crippen molar-refractivity contribution in [2.45, 2.75) is 45.3 Å². The lowest BCUT2D eigenvalue weighted by Gasteiger charge is -2.20. The molecule has 7 heteroatoms. The molecule has 1 N–H and O–H groups in total. The number of aromatic nitrogens is 1. The second-order valence-electron chi connectivity index (χ2n) is 6.25. The summed E-state index contributed by atoms with van der Waals surface area (Å²) in [6.45, 7) is 5.95. The largest absolute Gasteiger partial charge is 0.464 e. The summed E-state index contributed by atoms with van der Waals surface area (Å²) in [5, 5.41) is 2.51. The predicted octanol–water partition coefficient (Wildman–Crippen LogP) is 3.07. The number of pyridine rings is 1. The van der Waals surface area contributed by atoms with Crippen molar-refractivity contribution in [1.29, 1.82) is 0 Å². The van der Waals surface area contributed by atoms with Crippen LogP contribution >= 0.6 is 0 Å². The minimum Gasteiger partial charge on any atom is -0.464 e. The summed E-state index contributed by atoms with van der Waals surface area (Å²) in [4.78, 5) is 28.0. The maximum atomic E-state index is 12.0. The van der Waals surface area contributed by atoms with E-state index in [1.807, 2.05) is 0 Å². The van der Waals surface area contributed by atoms with E-state index < -0.39 is 17.7 Å². The fourth-order valence-electron chi connectivity index (χ4n) is 2.29. The molecule has 0 aliphatic carbocycles. The van der Waals surface area contributed by atoms with Gasteiger partial charge in [0.1, 0.15) is 11.4 Å². The van der Waals surface area contributed by atoms with E-state index in [1.165, 1.54) is 7.11 Å². The van der Waals surface area contributed by atoms with Gasteiger partial charge < -0.3 is 14.2 Å². The van der Waals surface area contributed by atoms with Gasteiger partial charge in [0, 0.05) is 12.2 Å². The van der Waals surface area contributed by atoms with Gasteiger partial charge >= 0.3 is 12.1 Å². The third kappa shape index (κ3) is 4.66. The van der Waals surface area contributed by atoms with Crippen LogP contribution in [0.1, 0.15) is 55.8 Å². The van der Waals surface area contributed by atoms with Crippen molar-refractivity contribution in [3.63, 3.8) is 0 Å². The Kier molecular flexibility index (Phi) is 5.20. The zero-order valence-electron chi connectivity index (χ0n) is 13.8. The van der Waals surface area contributed by atoms with Crippen molar-refractivity contribution in [2.24, 2.45) is 0 Å². The molecule has 0 bridgehead atoms. The van der Waals surface area contributed by atoms with Crippen LogP contribution in [0.15, 0.2) is 12.1 Å². The van der Waals surface area contributed by atoms with Crippen molar-refractivity contribution in [3.05, 3.63) is 23.4 Å². The molecule has 1 aliphatic rings. The zero-order chi connectivity index (χ0) is 17.0. The minimum absolute atomic E-state index is 0.146. The van der Waals surface area contributed by atoms with Gasteiger partial charge in [0.05, 0.1) is 13.2 Å². The van der Waals surface area contributed by atoms with Crippen molar-refractivity contribution in [2.75, 3.05) is 19.0 Å².